The van der Waals surface area contributed by atoms with E-state index >= 15 is 0 Å². The number of hydrogen-bond acceptors (Lipinski definition) is 3. The van der Waals surface area contributed by atoms with Gasteiger partial charge in [-0.1, -0.05) is 18.2 Å². The highest BCUT2D eigenvalue weighted by Gasteiger charge is 2.08. The summed E-state index contributed by atoms with van der Waals surface area (Å²) in [5, 5.41) is 2.78. The van der Waals surface area contributed by atoms with Crippen molar-refractivity contribution < 1.29 is 4.79 Å². The number of carbonyl (C=O) groups is 1. The van der Waals surface area contributed by atoms with Crippen LogP contribution in [0.25, 0.3) is 0 Å². The van der Waals surface area contributed by atoms with Crippen LogP contribution in [0, 0.1) is 0 Å². The van der Waals surface area contributed by atoms with Crippen LogP contribution in [-0.4, -0.2) is 17.1 Å². The molecule has 1 amide bonds. The molecule has 1 aromatic carbocycles. The molecule has 5 heteroatoms. The van der Waals surface area contributed by atoms with Crippen LogP contribution in [0.15, 0.2) is 52.2 Å². The van der Waals surface area contributed by atoms with Gasteiger partial charge < -0.3 is 10.3 Å². The molecule has 0 bridgehead atoms. The van der Waals surface area contributed by atoms with E-state index in [0.717, 1.165) is 10.6 Å². The van der Waals surface area contributed by atoms with E-state index in [1.165, 1.54) is 6.07 Å². The van der Waals surface area contributed by atoms with Crippen LogP contribution in [-0.2, 0) is 0 Å². The lowest BCUT2D eigenvalue weighted by molar-refractivity contribution is 0.102. The monoisotopic (exact) mass is 260 g/mol. The number of rotatable bonds is 3. The molecule has 0 radical (unpaired) electrons. The van der Waals surface area contributed by atoms with Crippen LogP contribution >= 0.6 is 11.8 Å². The smallest absolute Gasteiger partial charge is 0.272 e. The molecule has 0 aliphatic rings. The van der Waals surface area contributed by atoms with E-state index in [-0.39, 0.29) is 17.2 Å². The average molecular weight is 260 g/mol. The summed E-state index contributed by atoms with van der Waals surface area (Å²) in [5.41, 5.74) is 0.693. The van der Waals surface area contributed by atoms with Crippen LogP contribution in [0.1, 0.15) is 10.5 Å². The van der Waals surface area contributed by atoms with Crippen LogP contribution in [0.3, 0.4) is 0 Å². The lowest BCUT2D eigenvalue weighted by Crippen LogP contribution is -2.18. The normalized spacial score (nSPS) is 10.1. The van der Waals surface area contributed by atoms with Gasteiger partial charge in [-0.25, -0.2) is 0 Å². The SMILES string of the molecule is CSc1ccccc1NC(=O)c1cccc(=O)[nH]1. The van der Waals surface area contributed by atoms with Crippen molar-refractivity contribution in [2.75, 3.05) is 11.6 Å². The van der Waals surface area contributed by atoms with Gasteiger partial charge in [-0.2, -0.15) is 0 Å². The highest BCUT2D eigenvalue weighted by atomic mass is 32.2. The summed E-state index contributed by atoms with van der Waals surface area (Å²) in [4.78, 5) is 26.5. The van der Waals surface area contributed by atoms with Crippen molar-refractivity contribution in [2.45, 2.75) is 4.90 Å². The Labute approximate surface area is 108 Å². The first-order valence-electron chi connectivity index (χ1n) is 5.34. The second-order valence-electron chi connectivity index (χ2n) is 3.58. The minimum absolute atomic E-state index is 0.249. The Kier molecular flexibility index (Phi) is 3.84. The molecule has 0 atom stereocenters. The summed E-state index contributed by atoms with van der Waals surface area (Å²) in [5.74, 6) is -0.325. The Bertz CT molecular complexity index is 622. The van der Waals surface area contributed by atoms with E-state index in [1.807, 2.05) is 30.5 Å². The predicted molar refractivity (Wildman–Crippen MR) is 73.2 cm³/mol. The van der Waals surface area contributed by atoms with Crippen LogP contribution in [0.4, 0.5) is 5.69 Å². The second kappa shape index (κ2) is 5.55. The molecule has 1 aromatic heterocycles. The number of aromatic amines is 1. The molecule has 0 spiro atoms. The molecular weight excluding hydrogens is 248 g/mol. The Balaban J connectivity index is 2.24. The predicted octanol–water partition coefficient (Wildman–Crippen LogP) is 2.35. The number of carbonyl (C=O) groups excluding carboxylic acids is 1. The van der Waals surface area contributed by atoms with Gasteiger partial charge in [0.1, 0.15) is 5.69 Å². The fraction of sp³-hybridized carbons (Fsp3) is 0.0769. The van der Waals surface area contributed by atoms with Gasteiger partial charge in [0, 0.05) is 11.0 Å². The number of thioether (sulfide) groups is 1. The fourth-order valence-electron chi connectivity index (χ4n) is 1.52. The number of anilines is 1. The summed E-state index contributed by atoms with van der Waals surface area (Å²) >= 11 is 1.55. The molecule has 4 nitrogen and oxygen atoms in total. The maximum atomic E-state index is 11.9. The summed E-state index contributed by atoms with van der Waals surface area (Å²) in [6.07, 6.45) is 1.94. The number of nitrogens with one attached hydrogen (secondary N) is 2. The molecule has 0 fully saturated rings. The maximum absolute atomic E-state index is 11.9. The Morgan fingerprint density at radius 2 is 1.94 bits per heavy atom. The van der Waals surface area contributed by atoms with E-state index in [0.29, 0.717) is 0 Å². The molecule has 18 heavy (non-hydrogen) atoms. The summed E-state index contributed by atoms with van der Waals surface area (Å²) in [6.45, 7) is 0. The van der Waals surface area contributed by atoms with Gasteiger partial charge in [0.25, 0.3) is 5.91 Å². The van der Waals surface area contributed by atoms with Crippen molar-refractivity contribution in [1.82, 2.24) is 4.98 Å². The minimum atomic E-state index is -0.325. The molecule has 0 unspecified atom stereocenters. The number of pyridine rings is 1. The van der Waals surface area contributed by atoms with Crippen LogP contribution < -0.4 is 10.9 Å². The quantitative estimate of drug-likeness (QED) is 0.833. The average Bonchev–Trinajstić information content (AvgIpc) is 2.39. The molecule has 0 aliphatic carbocycles. The van der Waals surface area contributed by atoms with Gasteiger partial charge >= 0.3 is 0 Å². The highest BCUT2D eigenvalue weighted by molar-refractivity contribution is 7.98. The number of aromatic nitrogens is 1. The zero-order valence-electron chi connectivity index (χ0n) is 9.77. The number of para-hydroxylation sites is 1. The third kappa shape index (κ3) is 2.81. The summed E-state index contributed by atoms with van der Waals surface area (Å²) in [6, 6.07) is 12.0. The molecule has 0 saturated heterocycles. The fourth-order valence-corrected chi connectivity index (χ4v) is 2.07. The van der Waals surface area contributed by atoms with E-state index in [1.54, 1.807) is 23.9 Å². The number of H-pyrrole nitrogens is 1. The second-order valence-corrected chi connectivity index (χ2v) is 4.43. The van der Waals surface area contributed by atoms with E-state index in [2.05, 4.69) is 10.3 Å². The number of amides is 1. The van der Waals surface area contributed by atoms with E-state index in [4.69, 9.17) is 0 Å². The molecule has 1 heterocycles. The third-order valence-corrected chi connectivity index (χ3v) is 3.16. The molecular formula is C13H12N2O2S. The number of hydrogen-bond donors (Lipinski definition) is 2. The largest absolute Gasteiger partial charge is 0.320 e. The van der Waals surface area contributed by atoms with Crippen molar-refractivity contribution in [1.29, 1.82) is 0 Å². The van der Waals surface area contributed by atoms with Crippen LogP contribution in [0.2, 0.25) is 0 Å². The van der Waals surface area contributed by atoms with E-state index < -0.39 is 0 Å². The van der Waals surface area contributed by atoms with Gasteiger partial charge in [0.15, 0.2) is 0 Å². The van der Waals surface area contributed by atoms with Gasteiger partial charge in [-0.3, -0.25) is 9.59 Å². The summed E-state index contributed by atoms with van der Waals surface area (Å²) in [7, 11) is 0. The zero-order valence-corrected chi connectivity index (χ0v) is 10.6. The molecule has 92 valence electrons. The Hall–Kier alpha value is -2.01. The molecule has 2 aromatic rings. The first kappa shape index (κ1) is 12.4. The van der Waals surface area contributed by atoms with Crippen molar-refractivity contribution in [3.63, 3.8) is 0 Å². The lowest BCUT2D eigenvalue weighted by atomic mass is 10.3. The topological polar surface area (TPSA) is 62.0 Å². The molecule has 0 aliphatic heterocycles. The van der Waals surface area contributed by atoms with Crippen molar-refractivity contribution in [3.8, 4) is 0 Å². The molecule has 2 rings (SSSR count). The summed E-state index contributed by atoms with van der Waals surface area (Å²) < 4.78 is 0. The van der Waals surface area contributed by atoms with Gasteiger partial charge in [-0.05, 0) is 24.5 Å². The highest BCUT2D eigenvalue weighted by Crippen LogP contribution is 2.24. The number of benzene rings is 1. The molecule has 2 N–H and O–H groups in total. The third-order valence-electron chi connectivity index (χ3n) is 2.37. The molecule has 0 saturated carbocycles. The zero-order chi connectivity index (χ0) is 13.0. The van der Waals surface area contributed by atoms with Crippen LogP contribution in [0.5, 0.6) is 0 Å². The maximum Gasteiger partial charge on any atom is 0.272 e. The Morgan fingerprint density at radius 3 is 2.67 bits per heavy atom. The minimum Gasteiger partial charge on any atom is -0.320 e. The first-order valence-corrected chi connectivity index (χ1v) is 6.57. The van der Waals surface area contributed by atoms with Crippen molar-refractivity contribution >= 4 is 23.4 Å². The first-order chi connectivity index (χ1) is 8.70. The van der Waals surface area contributed by atoms with Crippen molar-refractivity contribution in [2.24, 2.45) is 0 Å². The lowest BCUT2D eigenvalue weighted by Gasteiger charge is -2.08. The van der Waals surface area contributed by atoms with Gasteiger partial charge in [0.2, 0.25) is 5.56 Å². The van der Waals surface area contributed by atoms with Gasteiger partial charge in [-0.15, -0.1) is 11.8 Å². The van der Waals surface area contributed by atoms with Crippen molar-refractivity contribution in [3.05, 3.63) is 58.5 Å². The standard InChI is InChI=1S/C13H12N2O2S/c1-18-11-7-3-2-5-9(11)15-13(17)10-6-4-8-12(16)14-10/h2-8H,1H3,(H,14,16)(H,15,17). The van der Waals surface area contributed by atoms with E-state index in [9.17, 15) is 9.59 Å². The van der Waals surface area contributed by atoms with Gasteiger partial charge in [0.05, 0.1) is 5.69 Å². The Morgan fingerprint density at radius 1 is 1.17 bits per heavy atom.